The van der Waals surface area contributed by atoms with Crippen LogP contribution in [0.25, 0.3) is 0 Å². The van der Waals surface area contributed by atoms with Crippen molar-refractivity contribution in [3.63, 3.8) is 0 Å². The fourth-order valence-corrected chi connectivity index (χ4v) is 5.76. The molecule has 1 saturated carbocycles. The average molecular weight is 537 g/mol. The fourth-order valence-electron chi connectivity index (χ4n) is 5.76. The molecule has 3 heterocycles. The monoisotopic (exact) mass is 536 g/mol. The van der Waals surface area contributed by atoms with Crippen LogP contribution in [0.4, 0.5) is 5.69 Å². The van der Waals surface area contributed by atoms with Gasteiger partial charge in [-0.25, -0.2) is 4.79 Å². The number of fused-ring (bicyclic) bond motifs is 2. The summed E-state index contributed by atoms with van der Waals surface area (Å²) in [5.41, 5.74) is 6.41. The smallest absolute Gasteiger partial charge is 0.339 e. The van der Waals surface area contributed by atoms with Gasteiger partial charge in [-0.3, -0.25) is 19.1 Å². The number of nitrogens with one attached hydrogen (secondary N) is 2. The van der Waals surface area contributed by atoms with Crippen LogP contribution in [0.15, 0.2) is 30.5 Å². The van der Waals surface area contributed by atoms with E-state index in [1.165, 1.54) is 11.1 Å². The first-order chi connectivity index (χ1) is 18.4. The first-order valence-corrected chi connectivity index (χ1v) is 13.5. The summed E-state index contributed by atoms with van der Waals surface area (Å²) in [6.45, 7) is 6.23. The first kappa shape index (κ1) is 26.9. The van der Waals surface area contributed by atoms with E-state index in [1.807, 2.05) is 45.0 Å². The van der Waals surface area contributed by atoms with Crippen molar-refractivity contribution in [3.05, 3.63) is 47.3 Å². The lowest BCUT2D eigenvalue weighted by Gasteiger charge is -2.28. The second-order valence-corrected chi connectivity index (χ2v) is 12.0. The normalized spacial score (nSPS) is 23.1. The average Bonchev–Trinajstić information content (AvgIpc) is 3.32. The molecule has 5 N–H and O–H groups in total. The Morgan fingerprint density at radius 1 is 1.26 bits per heavy atom. The largest absolute Gasteiger partial charge is 0.478 e. The number of carboxylic acid groups (broad SMARTS) is 1. The minimum atomic E-state index is -1.05. The number of anilines is 1. The molecule has 39 heavy (non-hydrogen) atoms. The summed E-state index contributed by atoms with van der Waals surface area (Å²) < 4.78 is 1.64. The highest BCUT2D eigenvalue weighted by molar-refractivity contribution is 6.08. The maximum atomic E-state index is 13.9. The van der Waals surface area contributed by atoms with E-state index in [9.17, 15) is 24.3 Å². The van der Waals surface area contributed by atoms with Gasteiger partial charge in [0.25, 0.3) is 0 Å². The molecule has 1 aromatic heterocycles. The number of likely N-dealkylation sites (tertiary alicyclic amines) is 1. The molecule has 2 aromatic rings. The van der Waals surface area contributed by atoms with Crippen molar-refractivity contribution < 1.29 is 24.3 Å². The van der Waals surface area contributed by atoms with Crippen molar-refractivity contribution in [3.8, 4) is 0 Å². The van der Waals surface area contributed by atoms with Gasteiger partial charge >= 0.3 is 5.97 Å². The third-order valence-electron chi connectivity index (χ3n) is 8.12. The molecule has 2 fully saturated rings. The molecule has 3 amide bonds. The van der Waals surface area contributed by atoms with E-state index in [0.717, 1.165) is 18.4 Å². The van der Waals surface area contributed by atoms with Gasteiger partial charge in [0, 0.05) is 31.4 Å². The molecule has 2 aliphatic heterocycles. The van der Waals surface area contributed by atoms with E-state index in [1.54, 1.807) is 4.68 Å². The van der Waals surface area contributed by atoms with Gasteiger partial charge in [-0.05, 0) is 51.2 Å². The molecule has 0 radical (unpaired) electrons. The Hall–Kier alpha value is -3.73. The lowest BCUT2D eigenvalue weighted by molar-refractivity contribution is -0.139. The number of para-hydroxylation sites is 1. The van der Waals surface area contributed by atoms with Gasteiger partial charge in [0.1, 0.15) is 11.6 Å². The van der Waals surface area contributed by atoms with Crippen LogP contribution in [-0.2, 0) is 31.8 Å². The number of primary amides is 1. The van der Waals surface area contributed by atoms with Gasteiger partial charge in [0.15, 0.2) is 0 Å². The number of carbonyl (C=O) groups excluding carboxylic acids is 3. The predicted molar refractivity (Wildman–Crippen MR) is 143 cm³/mol. The summed E-state index contributed by atoms with van der Waals surface area (Å²) in [5, 5.41) is 20.4. The van der Waals surface area contributed by atoms with Gasteiger partial charge in [0.2, 0.25) is 17.7 Å². The minimum absolute atomic E-state index is 0.0737. The predicted octanol–water partition coefficient (Wildman–Crippen LogP) is 1.61. The lowest BCUT2D eigenvalue weighted by Crippen LogP contribution is -2.52. The molecule has 1 spiro atoms. The minimum Gasteiger partial charge on any atom is -0.478 e. The molecular weight excluding hydrogens is 500 g/mol. The Bertz CT molecular complexity index is 1330. The molecule has 0 bridgehead atoms. The van der Waals surface area contributed by atoms with Crippen molar-refractivity contribution in [2.75, 3.05) is 18.4 Å². The Kier molecular flexibility index (Phi) is 6.74. The maximum Gasteiger partial charge on any atom is 0.339 e. The molecule has 5 rings (SSSR count). The SMILES string of the molecule is CC(C)(C)n1cc(C(=O)O)c(CCN[C@@H](CC2CC2)C(=O)N2C[C@]3(C[C@H]2C(N)=O)C(=O)Nc2ccccc23)n1. The number of hydrogen-bond acceptors (Lipinski definition) is 6. The van der Waals surface area contributed by atoms with Crippen LogP contribution in [0.5, 0.6) is 0 Å². The number of aromatic carboxylic acids is 1. The maximum absolute atomic E-state index is 13.9. The number of hydrogen-bond donors (Lipinski definition) is 4. The molecule has 1 aliphatic carbocycles. The number of rotatable bonds is 9. The highest BCUT2D eigenvalue weighted by atomic mass is 16.4. The fraction of sp³-hybridized carbons (Fsp3) is 0.536. The van der Waals surface area contributed by atoms with Crippen molar-refractivity contribution in [2.45, 2.75) is 75.9 Å². The van der Waals surface area contributed by atoms with E-state index < -0.39 is 29.4 Å². The van der Waals surface area contributed by atoms with Crippen LogP contribution in [0.1, 0.15) is 68.1 Å². The zero-order valence-electron chi connectivity index (χ0n) is 22.6. The molecule has 1 aromatic carbocycles. The molecule has 208 valence electrons. The number of benzene rings is 1. The van der Waals surface area contributed by atoms with Crippen LogP contribution in [0, 0.1) is 5.92 Å². The third kappa shape index (κ3) is 5.03. The number of carboxylic acids is 1. The highest BCUT2D eigenvalue weighted by Crippen LogP contribution is 2.46. The number of nitrogens with zero attached hydrogens (tertiary/aromatic N) is 3. The summed E-state index contributed by atoms with van der Waals surface area (Å²) in [4.78, 5) is 52.9. The highest BCUT2D eigenvalue weighted by Gasteiger charge is 2.57. The van der Waals surface area contributed by atoms with Crippen molar-refractivity contribution >= 4 is 29.4 Å². The number of nitrogens with two attached hydrogens (primary N) is 1. The third-order valence-corrected chi connectivity index (χ3v) is 8.12. The Balaban J connectivity index is 1.35. The molecule has 0 unspecified atom stereocenters. The molecule has 3 atom stereocenters. The summed E-state index contributed by atoms with van der Waals surface area (Å²) in [5.74, 6) is -1.78. The number of amides is 3. The van der Waals surface area contributed by atoms with Crippen LogP contribution in [-0.4, -0.2) is 68.7 Å². The van der Waals surface area contributed by atoms with E-state index in [4.69, 9.17) is 5.73 Å². The molecule has 11 nitrogen and oxygen atoms in total. The first-order valence-electron chi connectivity index (χ1n) is 13.5. The van der Waals surface area contributed by atoms with Crippen LogP contribution < -0.4 is 16.4 Å². The second-order valence-electron chi connectivity index (χ2n) is 12.0. The van der Waals surface area contributed by atoms with Crippen LogP contribution in [0.2, 0.25) is 0 Å². The van der Waals surface area contributed by atoms with E-state index >= 15 is 0 Å². The second kappa shape index (κ2) is 9.78. The molecule has 3 aliphatic rings. The topological polar surface area (TPSA) is 160 Å². The summed E-state index contributed by atoms with van der Waals surface area (Å²) in [6, 6.07) is 5.85. The van der Waals surface area contributed by atoms with Gasteiger partial charge in [-0.15, -0.1) is 0 Å². The zero-order valence-corrected chi connectivity index (χ0v) is 22.6. The van der Waals surface area contributed by atoms with Gasteiger partial charge in [-0.1, -0.05) is 31.0 Å². The van der Waals surface area contributed by atoms with E-state index in [0.29, 0.717) is 36.7 Å². The Morgan fingerprint density at radius 2 is 1.97 bits per heavy atom. The molecular formula is C28H36N6O5. The van der Waals surface area contributed by atoms with Gasteiger partial charge in [0.05, 0.1) is 22.7 Å². The zero-order chi connectivity index (χ0) is 28.1. The number of aromatic nitrogens is 2. The van der Waals surface area contributed by atoms with Crippen molar-refractivity contribution in [1.29, 1.82) is 0 Å². The summed E-state index contributed by atoms with van der Waals surface area (Å²) in [7, 11) is 0. The summed E-state index contributed by atoms with van der Waals surface area (Å²) >= 11 is 0. The Labute approximate surface area is 227 Å². The number of carbonyl (C=O) groups is 4. The van der Waals surface area contributed by atoms with Crippen molar-refractivity contribution in [2.24, 2.45) is 11.7 Å². The quantitative estimate of drug-likeness (QED) is 0.379. The van der Waals surface area contributed by atoms with Gasteiger partial charge in [-0.2, -0.15) is 5.10 Å². The standard InChI is InChI=1S/C28H36N6O5/c1-27(2,3)34-14-17(25(37)38)19(32-34)10-11-30-21(12-16-8-9-16)24(36)33-15-28(13-22(33)23(29)35)18-6-4-5-7-20(18)31-26(28)39/h4-7,14,16,21-22,30H,8-13,15H2,1-3H3,(H2,29,35)(H,31,39)(H,37,38)/t21-,22-,28-/m0/s1. The summed E-state index contributed by atoms with van der Waals surface area (Å²) in [6.07, 6.45) is 4.65. The van der Waals surface area contributed by atoms with E-state index in [-0.39, 0.29) is 35.9 Å². The lowest BCUT2D eigenvalue weighted by atomic mass is 9.79. The van der Waals surface area contributed by atoms with Crippen LogP contribution in [0.3, 0.4) is 0 Å². The van der Waals surface area contributed by atoms with E-state index in [2.05, 4.69) is 15.7 Å². The molecule has 1 saturated heterocycles. The van der Waals surface area contributed by atoms with Crippen molar-refractivity contribution in [1.82, 2.24) is 20.0 Å². The Morgan fingerprint density at radius 3 is 2.62 bits per heavy atom. The van der Waals surface area contributed by atoms with Gasteiger partial charge < -0.3 is 26.4 Å². The van der Waals surface area contributed by atoms with Crippen LogP contribution >= 0.6 is 0 Å². The molecule has 11 heteroatoms.